The van der Waals surface area contributed by atoms with Crippen LogP contribution in [0, 0.1) is 5.82 Å². The summed E-state index contributed by atoms with van der Waals surface area (Å²) in [5, 5.41) is 14.9. The summed E-state index contributed by atoms with van der Waals surface area (Å²) < 4.78 is 27.2. The third kappa shape index (κ3) is 3.95. The van der Waals surface area contributed by atoms with Crippen LogP contribution in [0.5, 0.6) is 0 Å². The minimum absolute atomic E-state index is 0.0167. The van der Waals surface area contributed by atoms with E-state index < -0.39 is 34.6 Å². The van der Waals surface area contributed by atoms with Gasteiger partial charge in [0.15, 0.2) is 5.60 Å². The molecule has 1 amide bonds. The molecule has 6 rings (SSSR count). The van der Waals surface area contributed by atoms with Crippen LogP contribution in [0.2, 0.25) is 5.02 Å². The molecule has 2 aromatic heterocycles. The molecular weight excluding hydrogens is 541 g/mol. The SMILES string of the molecule is CC[C@@]1(O)C(=O)OCc2c1cc1n(c2=O)Cc2c-1nc1cc(F)c(Cl)c3c1c2[C@@H](NC(=O)COC(C)(C)C)CC3. The molecule has 11 heteroatoms. The van der Waals surface area contributed by atoms with Gasteiger partial charge in [-0.25, -0.2) is 14.2 Å². The molecule has 40 heavy (non-hydrogen) atoms. The third-order valence-electron chi connectivity index (χ3n) is 8.01. The van der Waals surface area contributed by atoms with Gasteiger partial charge in [0.25, 0.3) is 5.56 Å². The molecule has 1 aliphatic carbocycles. The fraction of sp³-hybridized carbons (Fsp3) is 0.448. The molecule has 0 bridgehead atoms. The molecule has 0 fully saturated rings. The van der Waals surface area contributed by atoms with Crippen LogP contribution < -0.4 is 10.9 Å². The summed E-state index contributed by atoms with van der Waals surface area (Å²) in [5.41, 5.74) is 0.751. The number of cyclic esters (lactones) is 1. The molecule has 3 aliphatic rings. The number of nitrogens with one attached hydrogen (secondary N) is 1. The van der Waals surface area contributed by atoms with Crippen molar-refractivity contribution >= 4 is 34.4 Å². The molecule has 4 heterocycles. The molecule has 1 aromatic carbocycles. The number of fused-ring (bicyclic) bond motifs is 5. The number of aromatic nitrogens is 2. The minimum Gasteiger partial charge on any atom is -0.458 e. The lowest BCUT2D eigenvalue weighted by Gasteiger charge is -2.31. The van der Waals surface area contributed by atoms with Crippen LogP contribution in [0.1, 0.15) is 74.4 Å². The molecule has 2 aliphatic heterocycles. The van der Waals surface area contributed by atoms with Crippen molar-refractivity contribution in [3.8, 4) is 11.4 Å². The van der Waals surface area contributed by atoms with Crippen LogP contribution in [0.15, 0.2) is 16.9 Å². The van der Waals surface area contributed by atoms with Crippen molar-refractivity contribution < 1.29 is 28.6 Å². The monoisotopic (exact) mass is 569 g/mol. The van der Waals surface area contributed by atoms with E-state index in [9.17, 15) is 23.9 Å². The van der Waals surface area contributed by atoms with Gasteiger partial charge in [-0.1, -0.05) is 18.5 Å². The van der Waals surface area contributed by atoms with E-state index in [1.54, 1.807) is 13.0 Å². The summed E-state index contributed by atoms with van der Waals surface area (Å²) in [5.74, 6) is -1.72. The number of hydrogen-bond donors (Lipinski definition) is 2. The number of rotatable bonds is 4. The predicted molar refractivity (Wildman–Crippen MR) is 144 cm³/mol. The lowest BCUT2D eigenvalue weighted by molar-refractivity contribution is -0.172. The average Bonchev–Trinajstić information content (AvgIpc) is 3.27. The first kappa shape index (κ1) is 26.9. The van der Waals surface area contributed by atoms with Crippen molar-refractivity contribution in [2.75, 3.05) is 6.61 Å². The highest BCUT2D eigenvalue weighted by Gasteiger charge is 2.46. The Balaban J connectivity index is 1.55. The number of esters is 1. The van der Waals surface area contributed by atoms with Crippen molar-refractivity contribution in [1.29, 1.82) is 0 Å². The van der Waals surface area contributed by atoms with Crippen LogP contribution in [-0.2, 0) is 44.2 Å². The Morgan fingerprint density at radius 2 is 2.05 bits per heavy atom. The zero-order valence-corrected chi connectivity index (χ0v) is 23.4. The second kappa shape index (κ2) is 9.09. The van der Waals surface area contributed by atoms with Crippen LogP contribution in [-0.4, -0.2) is 38.7 Å². The predicted octanol–water partition coefficient (Wildman–Crippen LogP) is 3.79. The van der Waals surface area contributed by atoms with E-state index in [2.05, 4.69) is 5.32 Å². The average molecular weight is 570 g/mol. The molecular formula is C29H29ClFN3O6. The number of halogens is 2. The van der Waals surface area contributed by atoms with Gasteiger partial charge in [-0.3, -0.25) is 9.59 Å². The van der Waals surface area contributed by atoms with Crippen molar-refractivity contribution in [2.24, 2.45) is 0 Å². The molecule has 3 aromatic rings. The first-order valence-electron chi connectivity index (χ1n) is 13.3. The highest BCUT2D eigenvalue weighted by Crippen LogP contribution is 2.46. The van der Waals surface area contributed by atoms with Gasteiger partial charge in [-0.05, 0) is 57.2 Å². The Hall–Kier alpha value is -3.34. The normalized spacial score (nSPS) is 21.1. The number of nitrogens with zero attached hydrogens (tertiary/aromatic N) is 2. The van der Waals surface area contributed by atoms with Crippen molar-refractivity contribution in [1.82, 2.24) is 14.9 Å². The molecule has 0 saturated heterocycles. The number of aliphatic hydroxyl groups is 1. The Bertz CT molecular complexity index is 1690. The number of benzene rings is 1. The molecule has 0 saturated carbocycles. The zero-order valence-electron chi connectivity index (χ0n) is 22.6. The molecule has 2 atom stereocenters. The van der Waals surface area contributed by atoms with Crippen LogP contribution >= 0.6 is 11.6 Å². The summed E-state index contributed by atoms with van der Waals surface area (Å²) in [6.07, 6.45) is 0.904. The van der Waals surface area contributed by atoms with E-state index in [0.717, 1.165) is 5.56 Å². The summed E-state index contributed by atoms with van der Waals surface area (Å²) in [4.78, 5) is 43.9. The van der Waals surface area contributed by atoms with Gasteiger partial charge in [0.1, 0.15) is 19.0 Å². The first-order chi connectivity index (χ1) is 18.8. The number of carbonyl (C=O) groups is 2. The third-order valence-corrected chi connectivity index (χ3v) is 8.42. The molecule has 0 spiro atoms. The van der Waals surface area contributed by atoms with Gasteiger partial charge in [0.2, 0.25) is 5.91 Å². The molecule has 9 nitrogen and oxygen atoms in total. The molecule has 2 N–H and O–H groups in total. The fourth-order valence-electron chi connectivity index (χ4n) is 6.02. The van der Waals surface area contributed by atoms with E-state index in [-0.39, 0.29) is 48.2 Å². The number of amides is 1. The van der Waals surface area contributed by atoms with E-state index in [0.29, 0.717) is 46.3 Å². The number of hydrogen-bond acceptors (Lipinski definition) is 7. The van der Waals surface area contributed by atoms with Crippen LogP contribution in [0.4, 0.5) is 4.39 Å². The first-order valence-corrected chi connectivity index (χ1v) is 13.7. The van der Waals surface area contributed by atoms with Crippen molar-refractivity contribution in [3.63, 3.8) is 0 Å². The summed E-state index contributed by atoms with van der Waals surface area (Å²) in [7, 11) is 0. The van der Waals surface area contributed by atoms with Gasteiger partial charge in [0.05, 0.1) is 45.7 Å². The van der Waals surface area contributed by atoms with Gasteiger partial charge in [-0.2, -0.15) is 0 Å². The number of ether oxygens (including phenoxy) is 2. The Kier molecular flexibility index (Phi) is 6.10. The van der Waals surface area contributed by atoms with E-state index in [4.69, 9.17) is 26.1 Å². The van der Waals surface area contributed by atoms with Gasteiger partial charge >= 0.3 is 5.97 Å². The summed E-state index contributed by atoms with van der Waals surface area (Å²) in [6, 6.07) is 2.41. The highest BCUT2D eigenvalue weighted by atomic mass is 35.5. The second-order valence-electron chi connectivity index (χ2n) is 11.6. The topological polar surface area (TPSA) is 120 Å². The minimum atomic E-state index is -1.97. The zero-order chi connectivity index (χ0) is 28.7. The Labute approximate surface area is 234 Å². The standard InChI is InChI=1S/C29H29ClFN3O6/c1-5-29(38)16-8-20-25-14(10-34(20)26(36)15(16)11-39-27(29)37)23-18(32-21(35)12-40-28(2,3)4)7-6-13-22(23)19(33-25)9-17(31)24(13)30/h8-9,18,38H,5-7,10-12H2,1-4H3,(H,32,35)/t18-,29-/m0/s1. The quantitative estimate of drug-likeness (QED) is 0.359. The smallest absolute Gasteiger partial charge is 0.343 e. The summed E-state index contributed by atoms with van der Waals surface area (Å²) in [6.45, 7) is 6.98. The molecule has 0 unspecified atom stereocenters. The number of aryl methyl sites for hydroxylation is 1. The Morgan fingerprint density at radius 1 is 1.30 bits per heavy atom. The largest absolute Gasteiger partial charge is 0.458 e. The van der Waals surface area contributed by atoms with Crippen LogP contribution in [0.3, 0.4) is 0 Å². The molecule has 210 valence electrons. The maximum atomic E-state index is 14.9. The van der Waals surface area contributed by atoms with Crippen LogP contribution in [0.25, 0.3) is 22.3 Å². The van der Waals surface area contributed by atoms with E-state index in [1.165, 1.54) is 10.6 Å². The van der Waals surface area contributed by atoms with E-state index >= 15 is 0 Å². The highest BCUT2D eigenvalue weighted by molar-refractivity contribution is 6.32. The fourth-order valence-corrected chi connectivity index (χ4v) is 6.26. The van der Waals surface area contributed by atoms with Gasteiger partial charge in [0, 0.05) is 22.6 Å². The lowest BCUT2D eigenvalue weighted by atomic mass is 9.83. The van der Waals surface area contributed by atoms with Gasteiger partial charge in [-0.15, -0.1) is 0 Å². The Morgan fingerprint density at radius 3 is 2.75 bits per heavy atom. The number of pyridine rings is 2. The van der Waals surface area contributed by atoms with E-state index in [1.807, 2.05) is 20.8 Å². The summed E-state index contributed by atoms with van der Waals surface area (Å²) >= 11 is 6.41. The second-order valence-corrected chi connectivity index (χ2v) is 11.9. The van der Waals surface area contributed by atoms with Crippen molar-refractivity contribution in [2.45, 2.75) is 77.4 Å². The number of carbonyl (C=O) groups excluding carboxylic acids is 2. The molecule has 0 radical (unpaired) electrons. The maximum Gasteiger partial charge on any atom is 0.343 e. The van der Waals surface area contributed by atoms with Crippen molar-refractivity contribution in [3.05, 3.63) is 61.1 Å². The lowest BCUT2D eigenvalue weighted by Crippen LogP contribution is -2.44. The maximum absolute atomic E-state index is 14.9. The van der Waals surface area contributed by atoms with Gasteiger partial charge < -0.3 is 24.5 Å².